The van der Waals surface area contributed by atoms with Gasteiger partial charge < -0.3 is 20.3 Å². The zero-order valence-corrected chi connectivity index (χ0v) is 16.0. The van der Waals surface area contributed by atoms with E-state index in [-0.39, 0.29) is 18.0 Å². The van der Waals surface area contributed by atoms with Crippen LogP contribution in [0.4, 0.5) is 4.79 Å². The average Bonchev–Trinajstić information content (AvgIpc) is 2.51. The topological polar surface area (TPSA) is 70.7 Å². The maximum atomic E-state index is 12.2. The van der Waals surface area contributed by atoms with E-state index in [2.05, 4.69) is 17.6 Å². The van der Waals surface area contributed by atoms with Gasteiger partial charge >= 0.3 is 6.09 Å². The van der Waals surface area contributed by atoms with Crippen LogP contribution in [0.15, 0.2) is 0 Å². The van der Waals surface area contributed by atoms with E-state index in [1.54, 1.807) is 0 Å². The molecule has 0 bridgehead atoms. The van der Waals surface area contributed by atoms with E-state index in [4.69, 9.17) is 4.74 Å². The number of hydrogen-bond acceptors (Lipinski definition) is 4. The zero-order valence-electron chi connectivity index (χ0n) is 16.0. The molecule has 1 heterocycles. The van der Waals surface area contributed by atoms with Gasteiger partial charge in [0.1, 0.15) is 5.60 Å². The Labute approximate surface area is 146 Å². The fourth-order valence-electron chi connectivity index (χ4n) is 2.84. The lowest BCUT2D eigenvalue weighted by molar-refractivity contribution is -0.121. The Bertz CT molecular complexity index is 407. The number of carbonyl (C=O) groups is 2. The Morgan fingerprint density at radius 3 is 2.62 bits per heavy atom. The summed E-state index contributed by atoms with van der Waals surface area (Å²) in [5.41, 5.74) is -0.459. The van der Waals surface area contributed by atoms with Crippen molar-refractivity contribution in [2.24, 2.45) is 5.92 Å². The third-order valence-electron chi connectivity index (χ3n) is 4.21. The van der Waals surface area contributed by atoms with Crippen LogP contribution in [0.3, 0.4) is 0 Å². The summed E-state index contributed by atoms with van der Waals surface area (Å²) < 4.78 is 5.47. The lowest BCUT2D eigenvalue weighted by Crippen LogP contribution is -2.48. The van der Waals surface area contributed by atoms with Gasteiger partial charge in [0.2, 0.25) is 5.91 Å². The molecule has 2 N–H and O–H groups in total. The predicted molar refractivity (Wildman–Crippen MR) is 95.9 cm³/mol. The highest BCUT2D eigenvalue weighted by Gasteiger charge is 2.29. The van der Waals surface area contributed by atoms with Crippen molar-refractivity contribution in [3.8, 4) is 0 Å². The molecule has 1 rings (SSSR count). The lowest BCUT2D eigenvalue weighted by Gasteiger charge is -2.36. The summed E-state index contributed by atoms with van der Waals surface area (Å²) >= 11 is 0. The van der Waals surface area contributed by atoms with E-state index in [9.17, 15) is 9.59 Å². The van der Waals surface area contributed by atoms with Gasteiger partial charge in [0.05, 0.1) is 0 Å². The van der Waals surface area contributed by atoms with Gasteiger partial charge in [-0.05, 0) is 52.9 Å². The highest BCUT2D eigenvalue weighted by Crippen LogP contribution is 2.21. The Balaban J connectivity index is 2.35. The molecule has 140 valence electrons. The molecular formula is C18H35N3O3. The van der Waals surface area contributed by atoms with E-state index >= 15 is 0 Å². The number of hydrogen-bond donors (Lipinski definition) is 2. The van der Waals surface area contributed by atoms with Gasteiger partial charge in [-0.1, -0.05) is 6.92 Å². The second kappa shape index (κ2) is 9.87. The average molecular weight is 341 g/mol. The van der Waals surface area contributed by atoms with Crippen molar-refractivity contribution in [3.63, 3.8) is 0 Å². The fourth-order valence-corrected chi connectivity index (χ4v) is 2.84. The summed E-state index contributed by atoms with van der Waals surface area (Å²) in [7, 11) is 0. The van der Waals surface area contributed by atoms with Gasteiger partial charge in [-0.15, -0.1) is 0 Å². The number of carbonyl (C=O) groups excluding carboxylic acids is 2. The number of piperidine rings is 1. The van der Waals surface area contributed by atoms with Gasteiger partial charge in [0.25, 0.3) is 0 Å². The Kier molecular flexibility index (Phi) is 8.53. The Morgan fingerprint density at radius 1 is 1.29 bits per heavy atom. The molecule has 0 spiro atoms. The number of ether oxygens (including phenoxy) is 1. The highest BCUT2D eigenvalue weighted by atomic mass is 16.6. The number of amides is 2. The van der Waals surface area contributed by atoms with Crippen LogP contribution in [0.2, 0.25) is 0 Å². The van der Waals surface area contributed by atoms with E-state index in [0.29, 0.717) is 25.4 Å². The molecule has 1 fully saturated rings. The van der Waals surface area contributed by atoms with Crippen LogP contribution in [0.25, 0.3) is 0 Å². The monoisotopic (exact) mass is 341 g/mol. The number of nitrogens with one attached hydrogen (secondary N) is 2. The third-order valence-corrected chi connectivity index (χ3v) is 4.21. The molecule has 24 heavy (non-hydrogen) atoms. The first kappa shape index (κ1) is 20.7. The predicted octanol–water partition coefficient (Wildman–Crippen LogP) is 2.53. The molecule has 1 aliphatic rings. The van der Waals surface area contributed by atoms with E-state index in [1.807, 2.05) is 32.6 Å². The number of nitrogens with zero attached hydrogens (tertiary/aromatic N) is 1. The lowest BCUT2D eigenvalue weighted by atomic mass is 9.91. The molecule has 0 aromatic rings. The summed E-state index contributed by atoms with van der Waals surface area (Å²) in [4.78, 5) is 25.6. The maximum Gasteiger partial charge on any atom is 0.410 e. The van der Waals surface area contributed by atoms with Gasteiger partial charge in [-0.25, -0.2) is 4.79 Å². The quantitative estimate of drug-likeness (QED) is 0.746. The van der Waals surface area contributed by atoms with Gasteiger partial charge in [-0.2, -0.15) is 0 Å². The Morgan fingerprint density at radius 2 is 2.00 bits per heavy atom. The van der Waals surface area contributed by atoms with Crippen LogP contribution in [-0.4, -0.2) is 54.7 Å². The highest BCUT2D eigenvalue weighted by molar-refractivity contribution is 5.76. The third kappa shape index (κ3) is 7.99. The van der Waals surface area contributed by atoms with Crippen molar-refractivity contribution in [2.45, 2.75) is 71.9 Å². The van der Waals surface area contributed by atoms with Crippen LogP contribution in [0.5, 0.6) is 0 Å². The fraction of sp³-hybridized carbons (Fsp3) is 0.889. The minimum atomic E-state index is -0.459. The van der Waals surface area contributed by atoms with Crippen LogP contribution in [0, 0.1) is 5.92 Å². The molecule has 0 aromatic carbocycles. The van der Waals surface area contributed by atoms with Crippen LogP contribution in [0.1, 0.15) is 60.3 Å². The van der Waals surface area contributed by atoms with Crippen LogP contribution < -0.4 is 10.6 Å². The molecule has 2 amide bonds. The summed E-state index contributed by atoms with van der Waals surface area (Å²) in [6.45, 7) is 12.7. The molecule has 6 heteroatoms. The van der Waals surface area contributed by atoms with Crippen molar-refractivity contribution in [1.29, 1.82) is 0 Å². The summed E-state index contributed by atoms with van der Waals surface area (Å²) in [5.74, 6) is 0.487. The first-order chi connectivity index (χ1) is 11.2. The molecule has 0 aromatic heterocycles. The molecule has 0 radical (unpaired) electrons. The number of likely N-dealkylation sites (tertiary alicyclic amines) is 1. The van der Waals surface area contributed by atoms with E-state index in [0.717, 1.165) is 32.4 Å². The van der Waals surface area contributed by atoms with E-state index in [1.165, 1.54) is 0 Å². The van der Waals surface area contributed by atoms with Crippen molar-refractivity contribution in [2.75, 3.05) is 26.2 Å². The van der Waals surface area contributed by atoms with Gasteiger partial charge in [-0.3, -0.25) is 4.79 Å². The van der Waals surface area contributed by atoms with Crippen molar-refractivity contribution in [3.05, 3.63) is 0 Å². The first-order valence-electron chi connectivity index (χ1n) is 9.21. The van der Waals surface area contributed by atoms with Crippen molar-refractivity contribution >= 4 is 12.0 Å². The summed E-state index contributed by atoms with van der Waals surface area (Å²) in [6, 6.07) is 0.272. The summed E-state index contributed by atoms with van der Waals surface area (Å²) in [6.07, 6.45) is 3.31. The van der Waals surface area contributed by atoms with Crippen molar-refractivity contribution in [1.82, 2.24) is 15.5 Å². The minimum absolute atomic E-state index is 0.0931. The second-order valence-corrected chi connectivity index (χ2v) is 7.67. The molecular weight excluding hydrogens is 306 g/mol. The second-order valence-electron chi connectivity index (χ2n) is 7.67. The van der Waals surface area contributed by atoms with Crippen LogP contribution >= 0.6 is 0 Å². The maximum absolute atomic E-state index is 12.2. The van der Waals surface area contributed by atoms with Crippen molar-refractivity contribution < 1.29 is 14.3 Å². The van der Waals surface area contributed by atoms with Gasteiger partial charge in [0.15, 0.2) is 0 Å². The molecule has 0 saturated carbocycles. The van der Waals surface area contributed by atoms with Gasteiger partial charge in [0, 0.05) is 38.6 Å². The minimum Gasteiger partial charge on any atom is -0.444 e. The Hall–Kier alpha value is -1.30. The standard InChI is InChI=1S/C18H35N3O3/c1-6-10-20-16(22)9-11-19-14(2)15-8-7-12-21(13-15)17(23)24-18(3,4)5/h14-15,19H,6-13H2,1-5H3,(H,20,22). The number of rotatable bonds is 7. The van der Waals surface area contributed by atoms with E-state index < -0.39 is 5.60 Å². The summed E-state index contributed by atoms with van der Waals surface area (Å²) in [5, 5.41) is 6.31. The molecule has 6 nitrogen and oxygen atoms in total. The molecule has 1 aliphatic heterocycles. The molecule has 2 unspecified atom stereocenters. The molecule has 1 saturated heterocycles. The molecule has 0 aliphatic carbocycles. The largest absolute Gasteiger partial charge is 0.444 e. The van der Waals surface area contributed by atoms with Crippen LogP contribution in [-0.2, 0) is 9.53 Å². The normalized spacial score (nSPS) is 19.7. The molecule has 2 atom stereocenters. The smallest absolute Gasteiger partial charge is 0.410 e. The SMILES string of the molecule is CCCNC(=O)CCNC(C)C1CCCN(C(=O)OC(C)(C)C)C1. The zero-order chi connectivity index (χ0) is 18.2. The first-order valence-corrected chi connectivity index (χ1v) is 9.21.